The molecule has 0 aliphatic heterocycles. The number of nitrogens with one attached hydrogen (secondary N) is 1. The van der Waals surface area contributed by atoms with E-state index in [1.165, 1.54) is 6.07 Å². The van der Waals surface area contributed by atoms with Crippen molar-refractivity contribution in [1.29, 1.82) is 5.26 Å². The van der Waals surface area contributed by atoms with Gasteiger partial charge in [-0.3, -0.25) is 4.72 Å². The van der Waals surface area contributed by atoms with Crippen LogP contribution in [0.1, 0.15) is 18.5 Å². The van der Waals surface area contributed by atoms with E-state index in [4.69, 9.17) is 10.00 Å². The molecule has 0 unspecified atom stereocenters. The molecule has 1 N–H and O–H groups in total. The number of hydrogen-bond acceptors (Lipinski definition) is 5. The van der Waals surface area contributed by atoms with E-state index in [-0.39, 0.29) is 17.6 Å². The normalized spacial score (nSPS) is 15.1. The van der Waals surface area contributed by atoms with Crippen molar-refractivity contribution < 1.29 is 13.2 Å². The summed E-state index contributed by atoms with van der Waals surface area (Å²) in [4.78, 5) is 3.88. The zero-order chi connectivity index (χ0) is 12.5. The summed E-state index contributed by atoms with van der Waals surface area (Å²) < 4.78 is 30.1. The largest absolute Gasteiger partial charge is 0.487 e. The first kappa shape index (κ1) is 11.7. The Morgan fingerprint density at radius 3 is 2.76 bits per heavy atom. The SMILES string of the molecule is CS(=O)(=O)Nc1nc(C#N)ccc1OC1CC1. The summed E-state index contributed by atoms with van der Waals surface area (Å²) in [6.45, 7) is 0. The van der Waals surface area contributed by atoms with E-state index in [1.807, 2.05) is 6.07 Å². The molecule has 1 saturated carbocycles. The maximum atomic E-state index is 11.2. The van der Waals surface area contributed by atoms with Crippen LogP contribution in [0, 0.1) is 11.3 Å². The quantitative estimate of drug-likeness (QED) is 0.859. The van der Waals surface area contributed by atoms with Gasteiger partial charge in [-0.25, -0.2) is 13.4 Å². The first-order valence-electron chi connectivity index (χ1n) is 5.03. The second kappa shape index (κ2) is 4.22. The number of anilines is 1. The Labute approximate surface area is 99.3 Å². The maximum Gasteiger partial charge on any atom is 0.231 e. The van der Waals surface area contributed by atoms with E-state index >= 15 is 0 Å². The summed E-state index contributed by atoms with van der Waals surface area (Å²) in [6, 6.07) is 4.89. The molecule has 2 rings (SSSR count). The van der Waals surface area contributed by atoms with Gasteiger partial charge in [-0.2, -0.15) is 5.26 Å². The monoisotopic (exact) mass is 253 g/mol. The lowest BCUT2D eigenvalue weighted by Gasteiger charge is -2.10. The molecule has 1 aromatic rings. The van der Waals surface area contributed by atoms with E-state index in [0.29, 0.717) is 5.75 Å². The molecule has 1 heterocycles. The van der Waals surface area contributed by atoms with Gasteiger partial charge >= 0.3 is 0 Å². The smallest absolute Gasteiger partial charge is 0.231 e. The van der Waals surface area contributed by atoms with Crippen LogP contribution in [-0.4, -0.2) is 25.8 Å². The topological polar surface area (TPSA) is 92.1 Å². The van der Waals surface area contributed by atoms with Crippen molar-refractivity contribution in [2.75, 3.05) is 11.0 Å². The molecule has 1 aliphatic rings. The minimum Gasteiger partial charge on any atom is -0.487 e. The average Bonchev–Trinajstić information content (AvgIpc) is 3.02. The van der Waals surface area contributed by atoms with E-state index in [9.17, 15) is 8.42 Å². The van der Waals surface area contributed by atoms with Crippen LogP contribution in [0.15, 0.2) is 12.1 Å². The second-order valence-corrected chi connectivity index (χ2v) is 5.59. The van der Waals surface area contributed by atoms with Gasteiger partial charge in [0.25, 0.3) is 0 Å². The highest BCUT2D eigenvalue weighted by Gasteiger charge is 2.25. The molecule has 17 heavy (non-hydrogen) atoms. The maximum absolute atomic E-state index is 11.2. The zero-order valence-electron chi connectivity index (χ0n) is 9.17. The van der Waals surface area contributed by atoms with Crippen molar-refractivity contribution in [2.24, 2.45) is 0 Å². The standard InChI is InChI=1S/C10H11N3O3S/c1-17(14,15)13-10-9(16-8-3-4-8)5-2-7(6-11)12-10/h2,5,8H,3-4H2,1H3,(H,12,13). The van der Waals surface area contributed by atoms with Gasteiger partial charge in [0.05, 0.1) is 12.4 Å². The number of nitriles is 1. The third-order valence-electron chi connectivity index (χ3n) is 2.07. The molecule has 0 radical (unpaired) electrons. The van der Waals surface area contributed by atoms with Gasteiger partial charge in [0, 0.05) is 0 Å². The highest BCUT2D eigenvalue weighted by molar-refractivity contribution is 7.92. The van der Waals surface area contributed by atoms with E-state index in [0.717, 1.165) is 19.1 Å². The van der Waals surface area contributed by atoms with E-state index in [1.54, 1.807) is 6.07 Å². The summed E-state index contributed by atoms with van der Waals surface area (Å²) >= 11 is 0. The van der Waals surface area contributed by atoms with Gasteiger partial charge in [-0.15, -0.1) is 0 Å². The van der Waals surface area contributed by atoms with Crippen molar-refractivity contribution in [1.82, 2.24) is 4.98 Å². The Bertz CT molecular complexity index is 573. The third-order valence-corrected chi connectivity index (χ3v) is 2.64. The minimum atomic E-state index is -3.44. The fraction of sp³-hybridized carbons (Fsp3) is 0.400. The molecule has 1 aromatic heterocycles. The Balaban J connectivity index is 2.32. The number of rotatable bonds is 4. The summed E-state index contributed by atoms with van der Waals surface area (Å²) in [5.41, 5.74) is 0.138. The molecule has 0 bridgehead atoms. The van der Waals surface area contributed by atoms with Gasteiger partial charge in [-0.05, 0) is 25.0 Å². The lowest BCUT2D eigenvalue weighted by Crippen LogP contribution is -2.13. The Hall–Kier alpha value is -1.81. The molecule has 0 amide bonds. The first-order valence-corrected chi connectivity index (χ1v) is 6.92. The van der Waals surface area contributed by atoms with Crippen LogP contribution in [0.5, 0.6) is 5.75 Å². The summed E-state index contributed by atoms with van der Waals surface area (Å²) in [7, 11) is -3.44. The van der Waals surface area contributed by atoms with Crippen LogP contribution in [0.2, 0.25) is 0 Å². The molecular weight excluding hydrogens is 242 g/mol. The van der Waals surface area contributed by atoms with Crippen molar-refractivity contribution in [3.8, 4) is 11.8 Å². The molecule has 0 saturated heterocycles. The molecule has 1 fully saturated rings. The highest BCUT2D eigenvalue weighted by Crippen LogP contribution is 2.31. The fourth-order valence-electron chi connectivity index (χ4n) is 1.22. The Morgan fingerprint density at radius 1 is 1.53 bits per heavy atom. The molecular formula is C10H11N3O3S. The number of sulfonamides is 1. The molecule has 0 atom stereocenters. The summed E-state index contributed by atoms with van der Waals surface area (Å²) in [6.07, 6.45) is 3.07. The molecule has 0 aromatic carbocycles. The number of nitrogens with zero attached hydrogens (tertiary/aromatic N) is 2. The molecule has 7 heteroatoms. The van der Waals surface area contributed by atoms with Crippen LogP contribution in [0.4, 0.5) is 5.82 Å². The predicted octanol–water partition coefficient (Wildman–Crippen LogP) is 0.866. The Morgan fingerprint density at radius 2 is 2.24 bits per heavy atom. The summed E-state index contributed by atoms with van der Waals surface area (Å²) in [5, 5.41) is 8.71. The molecule has 0 spiro atoms. The second-order valence-electron chi connectivity index (χ2n) is 3.85. The number of hydrogen-bond donors (Lipinski definition) is 1. The van der Waals surface area contributed by atoms with Gasteiger partial charge in [-0.1, -0.05) is 0 Å². The number of ether oxygens (including phenoxy) is 1. The number of aromatic nitrogens is 1. The van der Waals surface area contributed by atoms with Crippen LogP contribution >= 0.6 is 0 Å². The van der Waals surface area contributed by atoms with E-state index < -0.39 is 10.0 Å². The Kier molecular flexibility index (Phi) is 2.90. The lowest BCUT2D eigenvalue weighted by molar-refractivity contribution is 0.304. The molecule has 90 valence electrons. The highest BCUT2D eigenvalue weighted by atomic mass is 32.2. The minimum absolute atomic E-state index is 0.0680. The van der Waals surface area contributed by atoms with Crippen molar-refractivity contribution in [3.05, 3.63) is 17.8 Å². The molecule has 1 aliphatic carbocycles. The predicted molar refractivity (Wildman–Crippen MR) is 61.1 cm³/mol. The van der Waals surface area contributed by atoms with Crippen molar-refractivity contribution >= 4 is 15.8 Å². The lowest BCUT2D eigenvalue weighted by atomic mass is 10.3. The van der Waals surface area contributed by atoms with Gasteiger partial charge < -0.3 is 4.74 Å². The van der Waals surface area contributed by atoms with E-state index in [2.05, 4.69) is 9.71 Å². The first-order chi connectivity index (χ1) is 7.98. The summed E-state index contributed by atoms with van der Waals surface area (Å²) in [5.74, 6) is 0.426. The third kappa shape index (κ3) is 3.32. The van der Waals surface area contributed by atoms with Gasteiger partial charge in [0.15, 0.2) is 11.6 Å². The van der Waals surface area contributed by atoms with Gasteiger partial charge in [0.1, 0.15) is 11.8 Å². The molecule has 6 nitrogen and oxygen atoms in total. The van der Waals surface area contributed by atoms with Crippen molar-refractivity contribution in [2.45, 2.75) is 18.9 Å². The average molecular weight is 253 g/mol. The van der Waals surface area contributed by atoms with Crippen molar-refractivity contribution in [3.63, 3.8) is 0 Å². The van der Waals surface area contributed by atoms with Crippen LogP contribution < -0.4 is 9.46 Å². The van der Waals surface area contributed by atoms with Crippen LogP contribution in [0.25, 0.3) is 0 Å². The zero-order valence-corrected chi connectivity index (χ0v) is 9.99. The fourth-order valence-corrected chi connectivity index (χ4v) is 1.72. The van der Waals surface area contributed by atoms with Crippen LogP contribution in [-0.2, 0) is 10.0 Å². The van der Waals surface area contributed by atoms with Crippen LogP contribution in [0.3, 0.4) is 0 Å². The van der Waals surface area contributed by atoms with Gasteiger partial charge in [0.2, 0.25) is 10.0 Å². The number of pyridine rings is 1.